The standard InChI is InChI=1S/C22H18N2O/c25-13-11-19-16-10-12-23-14-20(16)24-21(15-6-2-1-3-7-15)17-8-4-5-9-18(17)22(19)24/h1-10,12,14,21,25H,11,13H2. The predicted molar refractivity (Wildman–Crippen MR) is 99.6 cm³/mol. The van der Waals surface area contributed by atoms with Crippen LogP contribution in [0, 0.1) is 0 Å². The van der Waals surface area contributed by atoms with Gasteiger partial charge in [0.05, 0.1) is 23.4 Å². The van der Waals surface area contributed by atoms with Crippen molar-refractivity contribution in [3.63, 3.8) is 0 Å². The minimum atomic E-state index is 0.145. The van der Waals surface area contributed by atoms with E-state index in [2.05, 4.69) is 70.2 Å². The molecule has 3 nitrogen and oxygen atoms in total. The molecular weight excluding hydrogens is 308 g/mol. The minimum absolute atomic E-state index is 0.145. The molecule has 0 bridgehead atoms. The monoisotopic (exact) mass is 326 g/mol. The van der Waals surface area contributed by atoms with Crippen LogP contribution < -0.4 is 0 Å². The second-order valence-corrected chi connectivity index (χ2v) is 6.46. The molecule has 1 N–H and O–H groups in total. The lowest BCUT2D eigenvalue weighted by atomic mass is 9.95. The second-order valence-electron chi connectivity index (χ2n) is 6.46. The van der Waals surface area contributed by atoms with Gasteiger partial charge < -0.3 is 9.67 Å². The Balaban J connectivity index is 1.90. The smallest absolute Gasteiger partial charge is 0.0852 e. The van der Waals surface area contributed by atoms with Gasteiger partial charge in [-0.1, -0.05) is 54.6 Å². The number of aliphatic hydroxyl groups is 1. The average Bonchev–Trinajstić information content (AvgIpc) is 3.17. The summed E-state index contributed by atoms with van der Waals surface area (Å²) >= 11 is 0. The molecule has 122 valence electrons. The van der Waals surface area contributed by atoms with Crippen LogP contribution in [0.2, 0.25) is 0 Å². The molecule has 5 rings (SSSR count). The zero-order chi connectivity index (χ0) is 16.8. The lowest BCUT2D eigenvalue weighted by Crippen LogP contribution is -2.07. The fourth-order valence-corrected chi connectivity index (χ4v) is 4.21. The van der Waals surface area contributed by atoms with Crippen molar-refractivity contribution in [3.05, 3.63) is 89.7 Å². The number of nitrogens with zero attached hydrogens (tertiary/aromatic N) is 2. The first-order valence-corrected chi connectivity index (χ1v) is 8.62. The Morgan fingerprint density at radius 3 is 2.60 bits per heavy atom. The molecule has 0 fully saturated rings. The van der Waals surface area contributed by atoms with E-state index in [9.17, 15) is 5.11 Å². The van der Waals surface area contributed by atoms with Gasteiger partial charge in [-0.05, 0) is 29.2 Å². The van der Waals surface area contributed by atoms with Gasteiger partial charge in [-0.2, -0.15) is 0 Å². The summed E-state index contributed by atoms with van der Waals surface area (Å²) in [5.74, 6) is 0. The zero-order valence-electron chi connectivity index (χ0n) is 13.8. The number of rotatable bonds is 3. The van der Waals surface area contributed by atoms with Crippen molar-refractivity contribution in [1.29, 1.82) is 0 Å². The summed E-state index contributed by atoms with van der Waals surface area (Å²) in [6, 6.07) is 21.4. The third-order valence-electron chi connectivity index (χ3n) is 5.16. The van der Waals surface area contributed by atoms with Gasteiger partial charge in [0.25, 0.3) is 0 Å². The molecule has 1 aliphatic heterocycles. The quantitative estimate of drug-likeness (QED) is 0.540. The Labute approximate surface area is 146 Å². The minimum Gasteiger partial charge on any atom is -0.396 e. The van der Waals surface area contributed by atoms with E-state index in [4.69, 9.17) is 0 Å². The van der Waals surface area contributed by atoms with Crippen molar-refractivity contribution in [2.24, 2.45) is 0 Å². The molecule has 0 saturated heterocycles. The number of fused-ring (bicyclic) bond motifs is 5. The largest absolute Gasteiger partial charge is 0.396 e. The van der Waals surface area contributed by atoms with E-state index < -0.39 is 0 Å². The van der Waals surface area contributed by atoms with Gasteiger partial charge >= 0.3 is 0 Å². The van der Waals surface area contributed by atoms with Gasteiger partial charge in [0.2, 0.25) is 0 Å². The van der Waals surface area contributed by atoms with E-state index in [0.717, 1.165) is 5.52 Å². The normalized spacial score (nSPS) is 15.3. The first-order valence-electron chi connectivity index (χ1n) is 8.62. The van der Waals surface area contributed by atoms with Gasteiger partial charge in [0.1, 0.15) is 0 Å². The van der Waals surface area contributed by atoms with E-state index in [0.29, 0.717) is 6.42 Å². The molecule has 25 heavy (non-hydrogen) atoms. The van der Waals surface area contributed by atoms with Gasteiger partial charge in [-0.3, -0.25) is 4.98 Å². The highest BCUT2D eigenvalue weighted by molar-refractivity contribution is 5.94. The molecule has 3 heterocycles. The maximum Gasteiger partial charge on any atom is 0.0852 e. The highest BCUT2D eigenvalue weighted by Crippen LogP contribution is 2.48. The maximum atomic E-state index is 9.63. The summed E-state index contributed by atoms with van der Waals surface area (Å²) in [7, 11) is 0. The van der Waals surface area contributed by atoms with Crippen molar-refractivity contribution < 1.29 is 5.11 Å². The lowest BCUT2D eigenvalue weighted by Gasteiger charge is -2.17. The van der Waals surface area contributed by atoms with E-state index in [1.165, 1.54) is 33.3 Å². The molecule has 1 atom stereocenters. The lowest BCUT2D eigenvalue weighted by molar-refractivity contribution is 0.300. The van der Waals surface area contributed by atoms with Crippen LogP contribution in [0.15, 0.2) is 73.1 Å². The molecule has 3 heteroatoms. The molecule has 0 spiro atoms. The predicted octanol–water partition coefficient (Wildman–Crippen LogP) is 4.19. The summed E-state index contributed by atoms with van der Waals surface area (Å²) in [5.41, 5.74) is 7.41. The van der Waals surface area contributed by atoms with Crippen molar-refractivity contribution >= 4 is 10.9 Å². The van der Waals surface area contributed by atoms with Crippen LogP contribution in [-0.2, 0) is 6.42 Å². The second kappa shape index (κ2) is 5.57. The summed E-state index contributed by atoms with van der Waals surface area (Å²) in [5, 5.41) is 10.8. The van der Waals surface area contributed by atoms with Crippen LogP contribution in [0.25, 0.3) is 22.2 Å². The fraction of sp³-hybridized carbons (Fsp3) is 0.136. The van der Waals surface area contributed by atoms with Crippen LogP contribution in [0.3, 0.4) is 0 Å². The number of pyridine rings is 1. The Kier molecular flexibility index (Phi) is 3.22. The number of aromatic nitrogens is 2. The van der Waals surface area contributed by atoms with E-state index in [1.54, 1.807) is 0 Å². The Hall–Kier alpha value is -2.91. The summed E-state index contributed by atoms with van der Waals surface area (Å²) in [6.07, 6.45) is 4.43. The highest BCUT2D eigenvalue weighted by atomic mass is 16.2. The average molecular weight is 326 g/mol. The summed E-state index contributed by atoms with van der Waals surface area (Å²) in [4.78, 5) is 4.37. The van der Waals surface area contributed by atoms with Crippen molar-refractivity contribution in [3.8, 4) is 11.3 Å². The SMILES string of the molecule is OCCc1c2n(c3cnccc13)C(c1ccccc1)c1ccccc1-2. The van der Waals surface area contributed by atoms with E-state index in [1.807, 2.05) is 12.4 Å². The molecule has 2 aromatic carbocycles. The van der Waals surface area contributed by atoms with Crippen molar-refractivity contribution in [1.82, 2.24) is 9.55 Å². The molecule has 0 radical (unpaired) electrons. The number of hydrogen-bond acceptors (Lipinski definition) is 2. The summed E-state index contributed by atoms with van der Waals surface area (Å²) < 4.78 is 2.40. The molecule has 0 aliphatic carbocycles. The van der Waals surface area contributed by atoms with Crippen molar-refractivity contribution in [2.45, 2.75) is 12.5 Å². The van der Waals surface area contributed by atoms with Gasteiger partial charge in [-0.15, -0.1) is 0 Å². The summed E-state index contributed by atoms with van der Waals surface area (Å²) in [6.45, 7) is 0.145. The molecule has 1 unspecified atom stereocenters. The van der Waals surface area contributed by atoms with Crippen LogP contribution in [0.4, 0.5) is 0 Å². The molecular formula is C22H18N2O. The molecule has 1 aliphatic rings. The van der Waals surface area contributed by atoms with Crippen LogP contribution in [-0.4, -0.2) is 21.3 Å². The number of hydrogen-bond donors (Lipinski definition) is 1. The topological polar surface area (TPSA) is 38.0 Å². The fourth-order valence-electron chi connectivity index (χ4n) is 4.21. The van der Waals surface area contributed by atoms with Gasteiger partial charge in [0.15, 0.2) is 0 Å². The Morgan fingerprint density at radius 1 is 0.960 bits per heavy atom. The highest BCUT2D eigenvalue weighted by Gasteiger charge is 2.33. The van der Waals surface area contributed by atoms with E-state index in [-0.39, 0.29) is 12.6 Å². The van der Waals surface area contributed by atoms with Crippen LogP contribution >= 0.6 is 0 Å². The number of benzene rings is 2. The maximum absolute atomic E-state index is 9.63. The third-order valence-corrected chi connectivity index (χ3v) is 5.16. The number of aliphatic hydroxyl groups excluding tert-OH is 1. The molecule has 0 saturated carbocycles. The van der Waals surface area contributed by atoms with Crippen molar-refractivity contribution in [2.75, 3.05) is 6.61 Å². The van der Waals surface area contributed by atoms with Crippen LogP contribution in [0.1, 0.15) is 22.7 Å². The Morgan fingerprint density at radius 2 is 1.76 bits per heavy atom. The van der Waals surface area contributed by atoms with Gasteiger partial charge in [0, 0.05) is 23.8 Å². The van der Waals surface area contributed by atoms with E-state index >= 15 is 0 Å². The first kappa shape index (κ1) is 14.4. The third kappa shape index (κ3) is 1.99. The molecule has 2 aromatic heterocycles. The van der Waals surface area contributed by atoms with Gasteiger partial charge in [-0.25, -0.2) is 0 Å². The first-order chi connectivity index (χ1) is 12.4. The molecule has 4 aromatic rings. The Bertz CT molecular complexity index is 1070. The zero-order valence-corrected chi connectivity index (χ0v) is 13.8. The molecule has 0 amide bonds. The van der Waals surface area contributed by atoms with Crippen LogP contribution in [0.5, 0.6) is 0 Å².